The van der Waals surface area contributed by atoms with E-state index in [0.29, 0.717) is 16.7 Å². The highest BCUT2D eigenvalue weighted by atomic mass is 16.5. The van der Waals surface area contributed by atoms with Crippen LogP contribution in [-0.4, -0.2) is 30.6 Å². The van der Waals surface area contributed by atoms with Crippen LogP contribution in [0.4, 0.5) is 0 Å². The Morgan fingerprint density at radius 3 is 1.87 bits per heavy atom. The lowest BCUT2D eigenvalue weighted by molar-refractivity contribution is 0.222. The summed E-state index contributed by atoms with van der Waals surface area (Å²) in [5.74, 6) is -2.36. The maximum Gasteiger partial charge on any atom is 0.238 e. The zero-order valence-corrected chi connectivity index (χ0v) is 19.5. The normalized spacial score (nSPS) is 16.3. The van der Waals surface area contributed by atoms with E-state index < -0.39 is 28.9 Å². The average molecular weight is 512 g/mol. The largest absolute Gasteiger partial charge is 0.508 e. The fraction of sp³-hybridized carbons (Fsp3) is 0.0690. The minimum absolute atomic E-state index is 0.00969. The first kappa shape index (κ1) is 23.1. The Kier molecular flexibility index (Phi) is 5.09. The van der Waals surface area contributed by atoms with Crippen molar-refractivity contribution in [3.63, 3.8) is 0 Å². The fourth-order valence-electron chi connectivity index (χ4n) is 4.94. The van der Waals surface area contributed by atoms with E-state index in [1.807, 2.05) is 0 Å². The van der Waals surface area contributed by atoms with Crippen molar-refractivity contribution in [3.05, 3.63) is 99.7 Å². The van der Waals surface area contributed by atoms with Crippen LogP contribution in [0, 0.1) is 0 Å². The van der Waals surface area contributed by atoms with Crippen molar-refractivity contribution in [2.75, 3.05) is 0 Å². The standard InChI is InChI=1S/C29H20O9/c30-16-5-1-13(2-6-16)28-22(15-9-18(32)11-19(33)10-15)23-20(37-28)12-21-24(25(23)34)26(35)27(36)29(38-21)14-3-7-17(31)8-4-14/h1-12,22,28,30-34,36H/t22-,28+/m1/s1. The third-order valence-corrected chi connectivity index (χ3v) is 6.64. The second-order valence-electron chi connectivity index (χ2n) is 9.06. The molecule has 0 unspecified atom stereocenters. The number of phenolic OH excluding ortho intramolecular Hbond substituents is 5. The maximum atomic E-state index is 13.3. The number of ether oxygens (including phenoxy) is 1. The number of hydrogen-bond donors (Lipinski definition) is 6. The van der Waals surface area contributed by atoms with Crippen LogP contribution in [0.3, 0.4) is 0 Å². The molecule has 1 aliphatic heterocycles. The molecule has 38 heavy (non-hydrogen) atoms. The van der Waals surface area contributed by atoms with E-state index in [2.05, 4.69) is 0 Å². The predicted octanol–water partition coefficient (Wildman–Crippen LogP) is 4.96. The molecule has 9 nitrogen and oxygen atoms in total. The fourth-order valence-corrected chi connectivity index (χ4v) is 4.94. The molecule has 6 rings (SSSR count). The Bertz CT molecular complexity index is 1750. The third kappa shape index (κ3) is 3.60. The molecule has 6 N–H and O–H groups in total. The van der Waals surface area contributed by atoms with Gasteiger partial charge in [0.15, 0.2) is 5.76 Å². The Morgan fingerprint density at radius 1 is 0.632 bits per heavy atom. The van der Waals surface area contributed by atoms with Crippen LogP contribution in [0.25, 0.3) is 22.3 Å². The molecule has 0 aliphatic carbocycles. The molecule has 5 aromatic rings. The first-order chi connectivity index (χ1) is 18.2. The first-order valence-corrected chi connectivity index (χ1v) is 11.5. The molecule has 0 fully saturated rings. The summed E-state index contributed by atoms with van der Waals surface area (Å²) in [4.78, 5) is 13.3. The minimum atomic E-state index is -0.875. The van der Waals surface area contributed by atoms with Gasteiger partial charge in [-0.2, -0.15) is 0 Å². The van der Waals surface area contributed by atoms with Crippen molar-refractivity contribution in [1.29, 1.82) is 0 Å². The lowest BCUT2D eigenvalue weighted by Crippen LogP contribution is -2.11. The summed E-state index contributed by atoms with van der Waals surface area (Å²) in [5, 5.41) is 61.5. The van der Waals surface area contributed by atoms with Gasteiger partial charge in [0.2, 0.25) is 11.2 Å². The second-order valence-corrected chi connectivity index (χ2v) is 9.06. The molecule has 0 saturated heterocycles. The molecule has 4 aromatic carbocycles. The molecule has 0 saturated carbocycles. The van der Waals surface area contributed by atoms with E-state index in [9.17, 15) is 35.4 Å². The Hall–Kier alpha value is -5.31. The molecule has 0 spiro atoms. The Labute approximate surface area is 214 Å². The van der Waals surface area contributed by atoms with Crippen molar-refractivity contribution in [2.24, 2.45) is 0 Å². The molecular weight excluding hydrogens is 492 g/mol. The highest BCUT2D eigenvalue weighted by Gasteiger charge is 2.41. The van der Waals surface area contributed by atoms with Gasteiger partial charge in [-0.15, -0.1) is 0 Å². The van der Waals surface area contributed by atoms with E-state index >= 15 is 0 Å². The van der Waals surface area contributed by atoms with Crippen LogP contribution >= 0.6 is 0 Å². The van der Waals surface area contributed by atoms with Gasteiger partial charge in [-0.3, -0.25) is 4.79 Å². The zero-order chi connectivity index (χ0) is 26.7. The molecule has 2 heterocycles. The van der Waals surface area contributed by atoms with Crippen LogP contribution in [0.15, 0.2) is 82.0 Å². The van der Waals surface area contributed by atoms with Gasteiger partial charge in [0.25, 0.3) is 0 Å². The first-order valence-electron chi connectivity index (χ1n) is 11.5. The second kappa shape index (κ2) is 8.38. The summed E-state index contributed by atoms with van der Waals surface area (Å²) in [6, 6.07) is 17.3. The number of hydrogen-bond acceptors (Lipinski definition) is 9. The summed E-state index contributed by atoms with van der Waals surface area (Å²) in [5.41, 5.74) is 0.613. The quantitative estimate of drug-likeness (QED) is 0.196. The van der Waals surface area contributed by atoms with E-state index in [4.69, 9.17) is 9.15 Å². The molecule has 1 aromatic heterocycles. The molecule has 1 aliphatic rings. The summed E-state index contributed by atoms with van der Waals surface area (Å²) < 4.78 is 12.1. The molecule has 0 radical (unpaired) electrons. The monoisotopic (exact) mass is 512 g/mol. The van der Waals surface area contributed by atoms with E-state index in [1.165, 1.54) is 54.6 Å². The lowest BCUT2D eigenvalue weighted by Gasteiger charge is -2.21. The average Bonchev–Trinajstić information content (AvgIpc) is 3.26. The van der Waals surface area contributed by atoms with Crippen LogP contribution in [0.5, 0.6) is 40.2 Å². The van der Waals surface area contributed by atoms with Crippen molar-refractivity contribution in [2.45, 2.75) is 12.0 Å². The van der Waals surface area contributed by atoms with Crippen molar-refractivity contribution in [3.8, 4) is 51.6 Å². The summed E-state index contributed by atoms with van der Waals surface area (Å²) in [6.07, 6.45) is -0.783. The van der Waals surface area contributed by atoms with Gasteiger partial charge in [-0.25, -0.2) is 0 Å². The zero-order valence-electron chi connectivity index (χ0n) is 19.5. The minimum Gasteiger partial charge on any atom is -0.508 e. The van der Waals surface area contributed by atoms with Crippen LogP contribution in [-0.2, 0) is 0 Å². The molecule has 2 atom stereocenters. The summed E-state index contributed by atoms with van der Waals surface area (Å²) in [7, 11) is 0. The van der Waals surface area contributed by atoms with Gasteiger partial charge in [0, 0.05) is 23.3 Å². The lowest BCUT2D eigenvalue weighted by atomic mass is 9.84. The van der Waals surface area contributed by atoms with Crippen molar-refractivity contribution < 1.29 is 39.8 Å². The summed E-state index contributed by atoms with van der Waals surface area (Å²) in [6.45, 7) is 0. The number of aromatic hydroxyl groups is 6. The molecular formula is C29H20O9. The maximum absolute atomic E-state index is 13.3. The summed E-state index contributed by atoms with van der Waals surface area (Å²) >= 11 is 0. The van der Waals surface area contributed by atoms with Gasteiger partial charge in [0.05, 0.1) is 5.92 Å². The molecule has 9 heteroatoms. The SMILES string of the molecule is O=c1c(O)c(-c2ccc(O)cc2)oc2cc3c(c(O)c12)[C@@H](c1cc(O)cc(O)c1)[C@H](c1ccc(O)cc1)O3. The van der Waals surface area contributed by atoms with Gasteiger partial charge in [-0.1, -0.05) is 12.1 Å². The van der Waals surface area contributed by atoms with Crippen LogP contribution in [0.1, 0.15) is 28.7 Å². The molecule has 0 amide bonds. The van der Waals surface area contributed by atoms with Crippen LogP contribution < -0.4 is 10.2 Å². The van der Waals surface area contributed by atoms with Gasteiger partial charge in [0.1, 0.15) is 51.6 Å². The van der Waals surface area contributed by atoms with Crippen molar-refractivity contribution in [1.82, 2.24) is 0 Å². The van der Waals surface area contributed by atoms with Gasteiger partial charge in [-0.05, 0) is 59.7 Å². The number of fused-ring (bicyclic) bond motifs is 2. The predicted molar refractivity (Wildman–Crippen MR) is 136 cm³/mol. The van der Waals surface area contributed by atoms with E-state index in [-0.39, 0.29) is 51.0 Å². The third-order valence-electron chi connectivity index (χ3n) is 6.64. The number of benzene rings is 4. The smallest absolute Gasteiger partial charge is 0.238 e. The van der Waals surface area contributed by atoms with E-state index in [1.54, 1.807) is 12.1 Å². The topological polar surface area (TPSA) is 161 Å². The Morgan fingerprint density at radius 2 is 1.24 bits per heavy atom. The van der Waals surface area contributed by atoms with Gasteiger partial charge < -0.3 is 39.8 Å². The number of rotatable bonds is 3. The highest BCUT2D eigenvalue weighted by Crippen LogP contribution is 2.55. The molecule has 190 valence electrons. The van der Waals surface area contributed by atoms with Crippen LogP contribution in [0.2, 0.25) is 0 Å². The highest BCUT2D eigenvalue weighted by molar-refractivity contribution is 5.91. The van der Waals surface area contributed by atoms with E-state index in [0.717, 1.165) is 6.07 Å². The van der Waals surface area contributed by atoms with Gasteiger partial charge >= 0.3 is 0 Å². The van der Waals surface area contributed by atoms with Crippen molar-refractivity contribution >= 4 is 11.0 Å². The number of phenols is 5. The molecule has 0 bridgehead atoms. The Balaban J connectivity index is 1.61.